The van der Waals surface area contributed by atoms with Crippen LogP contribution in [0.5, 0.6) is 11.5 Å². The molecule has 0 saturated carbocycles. The van der Waals surface area contributed by atoms with Crippen LogP contribution in [-0.2, 0) is 6.42 Å². The summed E-state index contributed by atoms with van der Waals surface area (Å²) in [5, 5.41) is 16.8. The number of benzene rings is 3. The predicted molar refractivity (Wildman–Crippen MR) is 136 cm³/mol. The predicted octanol–water partition coefficient (Wildman–Crippen LogP) is 5.30. The number of anilines is 2. The summed E-state index contributed by atoms with van der Waals surface area (Å²) < 4.78 is 11.8. The number of nitrogens with one attached hydrogen (secondary N) is 2. The summed E-state index contributed by atoms with van der Waals surface area (Å²) in [4.78, 5) is 8.84. The molecule has 2 heterocycles. The van der Waals surface area contributed by atoms with Gasteiger partial charge in [-0.2, -0.15) is 5.26 Å². The first-order chi connectivity index (χ1) is 17.2. The number of ether oxygens (including phenoxy) is 2. The van der Waals surface area contributed by atoms with Crippen LogP contribution >= 0.6 is 0 Å². The Morgan fingerprint density at radius 3 is 2.77 bits per heavy atom. The van der Waals surface area contributed by atoms with Crippen LogP contribution < -0.4 is 20.1 Å². The number of aromatic nitrogens is 2. The molecule has 0 fully saturated rings. The molecule has 1 aliphatic heterocycles. The lowest BCUT2D eigenvalue weighted by atomic mass is 9.92. The standard InChI is InChI=1S/C28H27N5O2/c1-34-26-15-23-25(31-18-32-28(23)33-21-10-8-19(17-29)9-11-21)16-27(26)35-14-4-7-24-22-6-3-2-5-20(22)12-13-30-24/h2-3,5-6,8-11,15-16,18,24,30H,4,7,12-14H2,1H3,(H,31,32,33). The Bertz CT molecular complexity index is 1360. The van der Waals surface area contributed by atoms with Crippen molar-refractivity contribution in [3.63, 3.8) is 0 Å². The highest BCUT2D eigenvalue weighted by Gasteiger charge is 2.19. The van der Waals surface area contributed by atoms with Gasteiger partial charge < -0.3 is 20.1 Å². The van der Waals surface area contributed by atoms with Crippen LogP contribution in [0.2, 0.25) is 0 Å². The molecule has 7 nitrogen and oxygen atoms in total. The minimum atomic E-state index is 0.366. The topological polar surface area (TPSA) is 92.1 Å². The Kier molecular flexibility index (Phi) is 6.73. The number of nitrogens with zero attached hydrogens (tertiary/aromatic N) is 3. The molecule has 35 heavy (non-hydrogen) atoms. The Hall–Kier alpha value is -4.15. The third-order valence-electron chi connectivity index (χ3n) is 6.31. The zero-order chi connectivity index (χ0) is 24.0. The van der Waals surface area contributed by atoms with Gasteiger partial charge >= 0.3 is 0 Å². The fourth-order valence-electron chi connectivity index (χ4n) is 4.52. The Labute approximate surface area is 204 Å². The molecule has 0 bridgehead atoms. The van der Waals surface area contributed by atoms with E-state index in [2.05, 4.69) is 50.9 Å². The molecule has 1 aromatic heterocycles. The number of fused-ring (bicyclic) bond motifs is 2. The highest BCUT2D eigenvalue weighted by Crippen LogP contribution is 2.35. The molecule has 1 atom stereocenters. The third kappa shape index (κ3) is 5.03. The van der Waals surface area contributed by atoms with E-state index in [0.717, 1.165) is 42.4 Å². The smallest absolute Gasteiger partial charge is 0.163 e. The summed E-state index contributed by atoms with van der Waals surface area (Å²) >= 11 is 0. The van der Waals surface area contributed by atoms with Crippen molar-refractivity contribution in [1.29, 1.82) is 5.26 Å². The van der Waals surface area contributed by atoms with Gasteiger partial charge in [0, 0.05) is 23.2 Å². The van der Waals surface area contributed by atoms with Crippen LogP contribution in [0, 0.1) is 11.3 Å². The molecule has 5 rings (SSSR count). The molecule has 0 spiro atoms. The van der Waals surface area contributed by atoms with Gasteiger partial charge in [-0.1, -0.05) is 24.3 Å². The van der Waals surface area contributed by atoms with Crippen LogP contribution in [0.3, 0.4) is 0 Å². The van der Waals surface area contributed by atoms with Crippen molar-refractivity contribution >= 4 is 22.4 Å². The quantitative estimate of drug-likeness (QED) is 0.341. The van der Waals surface area contributed by atoms with Crippen molar-refractivity contribution in [3.8, 4) is 17.6 Å². The summed E-state index contributed by atoms with van der Waals surface area (Å²) in [7, 11) is 1.63. The highest BCUT2D eigenvalue weighted by molar-refractivity contribution is 5.93. The van der Waals surface area contributed by atoms with E-state index in [-0.39, 0.29) is 0 Å². The normalized spacial score (nSPS) is 14.7. The lowest BCUT2D eigenvalue weighted by Gasteiger charge is -2.27. The molecule has 0 radical (unpaired) electrons. The first-order valence-electron chi connectivity index (χ1n) is 11.8. The molecule has 7 heteroatoms. The lowest BCUT2D eigenvalue weighted by Crippen LogP contribution is -2.30. The summed E-state index contributed by atoms with van der Waals surface area (Å²) in [6, 6.07) is 22.2. The van der Waals surface area contributed by atoms with E-state index in [1.54, 1.807) is 19.2 Å². The second kappa shape index (κ2) is 10.4. The van der Waals surface area contributed by atoms with Gasteiger partial charge in [-0.3, -0.25) is 0 Å². The molecular weight excluding hydrogens is 438 g/mol. The van der Waals surface area contributed by atoms with E-state index in [0.29, 0.717) is 35.5 Å². The van der Waals surface area contributed by atoms with Gasteiger partial charge in [0.2, 0.25) is 0 Å². The Morgan fingerprint density at radius 1 is 1.09 bits per heavy atom. The minimum Gasteiger partial charge on any atom is -0.493 e. The second-order valence-corrected chi connectivity index (χ2v) is 8.50. The van der Waals surface area contributed by atoms with Crippen molar-refractivity contribution in [1.82, 2.24) is 15.3 Å². The number of methoxy groups -OCH3 is 1. The fourth-order valence-corrected chi connectivity index (χ4v) is 4.52. The van der Waals surface area contributed by atoms with E-state index in [4.69, 9.17) is 14.7 Å². The molecule has 2 N–H and O–H groups in total. The van der Waals surface area contributed by atoms with Crippen molar-refractivity contribution < 1.29 is 9.47 Å². The SMILES string of the molecule is COc1cc2c(Nc3ccc(C#N)cc3)ncnc2cc1OCCCC1NCCc2ccccc21. The first-order valence-corrected chi connectivity index (χ1v) is 11.8. The molecule has 3 aromatic carbocycles. The molecular formula is C28H27N5O2. The van der Waals surface area contributed by atoms with Gasteiger partial charge in [0.15, 0.2) is 11.5 Å². The van der Waals surface area contributed by atoms with Gasteiger partial charge in [-0.15, -0.1) is 0 Å². The fraction of sp³-hybridized carbons (Fsp3) is 0.250. The molecule has 1 unspecified atom stereocenters. The maximum Gasteiger partial charge on any atom is 0.163 e. The lowest BCUT2D eigenvalue weighted by molar-refractivity contribution is 0.278. The highest BCUT2D eigenvalue weighted by atomic mass is 16.5. The molecule has 4 aromatic rings. The van der Waals surface area contributed by atoms with Crippen molar-refractivity contribution in [3.05, 3.63) is 83.7 Å². The monoisotopic (exact) mass is 465 g/mol. The summed E-state index contributed by atoms with van der Waals surface area (Å²) in [6.45, 7) is 1.60. The van der Waals surface area contributed by atoms with Crippen molar-refractivity contribution in [2.45, 2.75) is 25.3 Å². The van der Waals surface area contributed by atoms with Crippen LogP contribution in [-0.4, -0.2) is 30.2 Å². The van der Waals surface area contributed by atoms with Gasteiger partial charge in [0.1, 0.15) is 12.1 Å². The zero-order valence-electron chi connectivity index (χ0n) is 19.6. The average Bonchev–Trinajstić information content (AvgIpc) is 2.91. The van der Waals surface area contributed by atoms with Gasteiger partial charge in [0.25, 0.3) is 0 Å². The zero-order valence-corrected chi connectivity index (χ0v) is 19.6. The van der Waals surface area contributed by atoms with Crippen LogP contribution in [0.4, 0.5) is 11.5 Å². The Balaban J connectivity index is 1.28. The third-order valence-corrected chi connectivity index (χ3v) is 6.31. The van der Waals surface area contributed by atoms with Crippen molar-refractivity contribution in [2.75, 3.05) is 25.6 Å². The summed E-state index contributed by atoms with van der Waals surface area (Å²) in [5.74, 6) is 1.96. The number of hydrogen-bond acceptors (Lipinski definition) is 7. The summed E-state index contributed by atoms with van der Waals surface area (Å²) in [6.07, 6.45) is 4.54. The average molecular weight is 466 g/mol. The molecule has 0 saturated heterocycles. The van der Waals surface area contributed by atoms with Gasteiger partial charge in [-0.05, 0) is 67.3 Å². The molecule has 0 amide bonds. The Morgan fingerprint density at radius 2 is 1.94 bits per heavy atom. The number of rotatable bonds is 8. The number of hydrogen-bond donors (Lipinski definition) is 2. The minimum absolute atomic E-state index is 0.366. The summed E-state index contributed by atoms with van der Waals surface area (Å²) in [5.41, 5.74) is 5.05. The molecule has 1 aliphatic rings. The van der Waals surface area contributed by atoms with E-state index in [1.807, 2.05) is 24.3 Å². The van der Waals surface area contributed by atoms with Gasteiger partial charge in [-0.25, -0.2) is 9.97 Å². The van der Waals surface area contributed by atoms with E-state index in [1.165, 1.54) is 17.5 Å². The van der Waals surface area contributed by atoms with Crippen LogP contribution in [0.15, 0.2) is 67.0 Å². The molecule has 176 valence electrons. The van der Waals surface area contributed by atoms with Crippen LogP contribution in [0.1, 0.15) is 35.6 Å². The largest absolute Gasteiger partial charge is 0.493 e. The van der Waals surface area contributed by atoms with E-state index >= 15 is 0 Å². The number of nitriles is 1. The van der Waals surface area contributed by atoms with Crippen LogP contribution in [0.25, 0.3) is 10.9 Å². The second-order valence-electron chi connectivity index (χ2n) is 8.50. The van der Waals surface area contributed by atoms with Crippen molar-refractivity contribution in [2.24, 2.45) is 0 Å². The van der Waals surface area contributed by atoms with E-state index < -0.39 is 0 Å². The van der Waals surface area contributed by atoms with E-state index in [9.17, 15) is 0 Å². The molecule has 0 aliphatic carbocycles. The van der Waals surface area contributed by atoms with Gasteiger partial charge in [0.05, 0.1) is 30.9 Å². The maximum atomic E-state index is 9.01. The first kappa shape index (κ1) is 22.6. The maximum absolute atomic E-state index is 9.01.